The SMILES string of the molecule is Cc1nn(C)c(C)c1CN(C)CC(=O)Nc1sc2c(c1C#N)CCCCC2. The maximum Gasteiger partial charge on any atom is 0.239 e. The molecule has 0 bridgehead atoms. The van der Waals surface area contributed by atoms with Crippen molar-refractivity contribution >= 4 is 22.2 Å². The molecule has 0 saturated carbocycles. The molecule has 0 saturated heterocycles. The number of aromatic nitrogens is 2. The smallest absolute Gasteiger partial charge is 0.239 e. The van der Waals surface area contributed by atoms with Gasteiger partial charge in [0.05, 0.1) is 17.8 Å². The fourth-order valence-corrected chi connectivity index (χ4v) is 4.99. The molecule has 27 heavy (non-hydrogen) atoms. The number of thiophene rings is 1. The number of likely N-dealkylation sites (N-methyl/N-ethyl adjacent to an activating group) is 1. The molecule has 0 unspecified atom stereocenters. The molecule has 7 heteroatoms. The molecule has 6 nitrogen and oxygen atoms in total. The van der Waals surface area contributed by atoms with E-state index in [4.69, 9.17) is 0 Å². The summed E-state index contributed by atoms with van der Waals surface area (Å²) in [5.74, 6) is -0.0791. The van der Waals surface area contributed by atoms with E-state index in [1.807, 2.05) is 37.5 Å². The van der Waals surface area contributed by atoms with Crippen LogP contribution in [-0.4, -0.2) is 34.2 Å². The van der Waals surface area contributed by atoms with Crippen molar-refractivity contribution in [2.75, 3.05) is 18.9 Å². The van der Waals surface area contributed by atoms with Crippen LogP contribution in [0.4, 0.5) is 5.00 Å². The van der Waals surface area contributed by atoms with E-state index in [9.17, 15) is 10.1 Å². The predicted molar refractivity (Wildman–Crippen MR) is 108 cm³/mol. The Labute approximate surface area is 164 Å². The van der Waals surface area contributed by atoms with E-state index in [0.717, 1.165) is 53.2 Å². The van der Waals surface area contributed by atoms with Gasteiger partial charge in [-0.1, -0.05) is 6.42 Å². The average Bonchev–Trinajstić information content (AvgIpc) is 2.93. The van der Waals surface area contributed by atoms with Crippen LogP contribution in [0.2, 0.25) is 0 Å². The first-order valence-corrected chi connectivity index (χ1v) is 10.2. The Morgan fingerprint density at radius 3 is 2.74 bits per heavy atom. The van der Waals surface area contributed by atoms with E-state index in [-0.39, 0.29) is 12.5 Å². The first-order chi connectivity index (χ1) is 12.9. The number of hydrogen-bond acceptors (Lipinski definition) is 5. The number of carbonyl (C=O) groups excluding carboxylic acids is 1. The number of amides is 1. The highest BCUT2D eigenvalue weighted by Crippen LogP contribution is 2.36. The summed E-state index contributed by atoms with van der Waals surface area (Å²) in [4.78, 5) is 15.8. The Morgan fingerprint density at radius 1 is 1.33 bits per heavy atom. The molecule has 1 aliphatic rings. The second kappa shape index (κ2) is 8.24. The lowest BCUT2D eigenvalue weighted by atomic mass is 10.1. The van der Waals surface area contributed by atoms with Crippen LogP contribution in [0.1, 0.15) is 52.2 Å². The van der Waals surface area contributed by atoms with Gasteiger partial charge < -0.3 is 5.32 Å². The third kappa shape index (κ3) is 4.23. The Morgan fingerprint density at radius 2 is 2.07 bits per heavy atom. The number of anilines is 1. The highest BCUT2D eigenvalue weighted by atomic mass is 32.1. The lowest BCUT2D eigenvalue weighted by Crippen LogP contribution is -2.30. The summed E-state index contributed by atoms with van der Waals surface area (Å²) < 4.78 is 1.87. The molecular weight excluding hydrogens is 358 g/mol. The molecule has 0 radical (unpaired) electrons. The van der Waals surface area contributed by atoms with Gasteiger partial charge in [-0.05, 0) is 52.1 Å². The highest BCUT2D eigenvalue weighted by Gasteiger charge is 2.21. The summed E-state index contributed by atoms with van der Waals surface area (Å²) in [7, 11) is 3.86. The second-order valence-electron chi connectivity index (χ2n) is 7.37. The van der Waals surface area contributed by atoms with Crippen LogP contribution in [0.15, 0.2) is 0 Å². The summed E-state index contributed by atoms with van der Waals surface area (Å²) in [6, 6.07) is 2.32. The standard InChI is InChI=1S/C20H27N5OS/c1-13-17(14(2)25(4)23-13)11-24(3)12-19(26)22-20-16(10-21)15-8-6-5-7-9-18(15)27-20/h5-9,11-12H2,1-4H3,(H,22,26). The molecule has 1 N–H and O–H groups in total. The van der Waals surface area contributed by atoms with Gasteiger partial charge >= 0.3 is 0 Å². The van der Waals surface area contributed by atoms with Crippen molar-refractivity contribution in [1.82, 2.24) is 14.7 Å². The van der Waals surface area contributed by atoms with Gasteiger partial charge in [-0.15, -0.1) is 11.3 Å². The zero-order valence-electron chi connectivity index (χ0n) is 16.6. The van der Waals surface area contributed by atoms with Crippen molar-refractivity contribution in [1.29, 1.82) is 5.26 Å². The molecule has 1 aliphatic carbocycles. The normalized spacial score (nSPS) is 13.9. The Balaban J connectivity index is 1.66. The largest absolute Gasteiger partial charge is 0.315 e. The van der Waals surface area contributed by atoms with E-state index in [2.05, 4.69) is 16.5 Å². The van der Waals surface area contributed by atoms with Gasteiger partial charge in [0, 0.05) is 29.7 Å². The molecule has 0 aliphatic heterocycles. The summed E-state index contributed by atoms with van der Waals surface area (Å²) in [5.41, 5.74) is 5.11. The van der Waals surface area contributed by atoms with Crippen molar-refractivity contribution < 1.29 is 4.79 Å². The number of rotatable bonds is 5. The number of carbonyl (C=O) groups is 1. The average molecular weight is 386 g/mol. The van der Waals surface area contributed by atoms with Crippen molar-refractivity contribution in [2.24, 2.45) is 7.05 Å². The highest BCUT2D eigenvalue weighted by molar-refractivity contribution is 7.16. The van der Waals surface area contributed by atoms with Crippen LogP contribution in [0.3, 0.4) is 0 Å². The number of fused-ring (bicyclic) bond motifs is 1. The third-order valence-corrected chi connectivity index (χ3v) is 6.49. The third-order valence-electron chi connectivity index (χ3n) is 5.29. The van der Waals surface area contributed by atoms with Crippen molar-refractivity contribution in [3.05, 3.63) is 33.0 Å². The van der Waals surface area contributed by atoms with Gasteiger partial charge in [0.2, 0.25) is 5.91 Å². The van der Waals surface area contributed by atoms with Gasteiger partial charge in [-0.2, -0.15) is 10.4 Å². The van der Waals surface area contributed by atoms with Crippen molar-refractivity contribution in [2.45, 2.75) is 52.5 Å². The first-order valence-electron chi connectivity index (χ1n) is 9.42. The van der Waals surface area contributed by atoms with Gasteiger partial charge in [0.1, 0.15) is 11.1 Å². The van der Waals surface area contributed by atoms with E-state index in [1.165, 1.54) is 11.3 Å². The number of nitrogens with one attached hydrogen (secondary N) is 1. The topological polar surface area (TPSA) is 74.0 Å². The lowest BCUT2D eigenvalue weighted by molar-refractivity contribution is -0.117. The number of hydrogen-bond donors (Lipinski definition) is 1. The molecule has 2 aromatic heterocycles. The molecule has 0 atom stereocenters. The van der Waals surface area contributed by atoms with Gasteiger partial charge in [0.25, 0.3) is 0 Å². The number of nitrogens with zero attached hydrogens (tertiary/aromatic N) is 4. The van der Waals surface area contributed by atoms with Gasteiger partial charge in [0.15, 0.2) is 0 Å². The molecule has 0 aromatic carbocycles. The molecule has 0 fully saturated rings. The number of nitriles is 1. The molecule has 0 spiro atoms. The zero-order valence-corrected chi connectivity index (χ0v) is 17.4. The summed E-state index contributed by atoms with van der Waals surface area (Å²) in [5, 5.41) is 17.7. The Bertz CT molecular complexity index is 889. The summed E-state index contributed by atoms with van der Waals surface area (Å²) in [6.45, 7) is 4.99. The molecular formula is C20H27N5OS. The van der Waals surface area contributed by atoms with E-state index < -0.39 is 0 Å². The monoisotopic (exact) mass is 385 g/mol. The van der Waals surface area contributed by atoms with E-state index in [0.29, 0.717) is 12.1 Å². The molecule has 1 amide bonds. The zero-order chi connectivity index (χ0) is 19.6. The predicted octanol–water partition coefficient (Wildman–Crippen LogP) is 3.31. The van der Waals surface area contributed by atoms with Crippen molar-refractivity contribution in [3.8, 4) is 6.07 Å². The summed E-state index contributed by atoms with van der Waals surface area (Å²) >= 11 is 1.58. The van der Waals surface area contributed by atoms with Crippen molar-refractivity contribution in [3.63, 3.8) is 0 Å². The number of aryl methyl sites for hydroxylation is 3. The second-order valence-corrected chi connectivity index (χ2v) is 8.48. The molecule has 2 aromatic rings. The van der Waals surface area contributed by atoms with Crippen LogP contribution in [0.5, 0.6) is 0 Å². The molecule has 3 rings (SSSR count). The maximum atomic E-state index is 12.6. The maximum absolute atomic E-state index is 12.6. The summed E-state index contributed by atoms with van der Waals surface area (Å²) in [6.07, 6.45) is 5.47. The van der Waals surface area contributed by atoms with Crippen LogP contribution >= 0.6 is 11.3 Å². The molecule has 144 valence electrons. The fourth-order valence-electron chi connectivity index (χ4n) is 3.73. The lowest BCUT2D eigenvalue weighted by Gasteiger charge is -2.16. The molecule has 2 heterocycles. The van der Waals surface area contributed by atoms with E-state index >= 15 is 0 Å². The minimum absolute atomic E-state index is 0.0791. The Hall–Kier alpha value is -2.17. The first kappa shape index (κ1) is 19.6. The Kier molecular flexibility index (Phi) is 5.98. The van der Waals surface area contributed by atoms with Gasteiger partial charge in [-0.3, -0.25) is 14.4 Å². The minimum Gasteiger partial charge on any atom is -0.315 e. The van der Waals surface area contributed by atoms with Crippen LogP contribution < -0.4 is 5.32 Å². The van der Waals surface area contributed by atoms with E-state index in [1.54, 1.807) is 11.3 Å². The van der Waals surface area contributed by atoms with Crippen LogP contribution in [-0.2, 0) is 31.2 Å². The van der Waals surface area contributed by atoms with Gasteiger partial charge in [-0.25, -0.2) is 0 Å². The fraction of sp³-hybridized carbons (Fsp3) is 0.550. The minimum atomic E-state index is -0.0791. The quantitative estimate of drug-likeness (QED) is 0.802. The van der Waals surface area contributed by atoms with Crippen LogP contribution in [0, 0.1) is 25.2 Å². The van der Waals surface area contributed by atoms with Crippen LogP contribution in [0.25, 0.3) is 0 Å².